The van der Waals surface area contributed by atoms with Crippen molar-refractivity contribution in [2.75, 3.05) is 32.7 Å². The Morgan fingerprint density at radius 2 is 1.82 bits per heavy atom. The fourth-order valence-corrected chi connectivity index (χ4v) is 5.69. The highest BCUT2D eigenvalue weighted by molar-refractivity contribution is 7.13. The molecular weight excluding hydrogens is 453 g/mol. The number of hydrogen-bond acceptors (Lipinski definition) is 6. The van der Waals surface area contributed by atoms with Gasteiger partial charge in [-0.05, 0) is 68.3 Å². The second-order valence-corrected chi connectivity index (χ2v) is 10.3. The van der Waals surface area contributed by atoms with Crippen molar-refractivity contribution in [1.29, 1.82) is 0 Å². The number of carbonyl (C=O) groups is 1. The van der Waals surface area contributed by atoms with Crippen LogP contribution in [0.5, 0.6) is 0 Å². The average Bonchev–Trinajstić information content (AvgIpc) is 3.49. The molecule has 2 fully saturated rings. The number of halogens is 1. The summed E-state index contributed by atoms with van der Waals surface area (Å²) in [5.74, 6) is 0.887. The normalized spacial score (nSPS) is 22.3. The van der Waals surface area contributed by atoms with Gasteiger partial charge in [0.15, 0.2) is 5.82 Å². The van der Waals surface area contributed by atoms with E-state index in [4.69, 9.17) is 4.74 Å². The number of amides is 1. The molecule has 2 saturated heterocycles. The zero-order chi connectivity index (χ0) is 23.7. The van der Waals surface area contributed by atoms with Crippen molar-refractivity contribution < 1.29 is 13.9 Å². The summed E-state index contributed by atoms with van der Waals surface area (Å²) in [5.41, 5.74) is 0.670. The maximum atomic E-state index is 13.5. The lowest BCUT2D eigenvalue weighted by molar-refractivity contribution is -0.0729. The van der Waals surface area contributed by atoms with Crippen molar-refractivity contribution >= 4 is 17.2 Å². The standard InChI is InChI=1S/C25H30FN5O2S/c1-17-14-29(15-18(2)33-17)16-19-9-11-30(12-10-19)25(32)23-27-24(22-4-3-13-34-22)31(28-23)21-7-5-20(26)6-8-21/h3-8,13,17-19H,9-12,14-16H2,1-2H3. The topological polar surface area (TPSA) is 63.5 Å². The van der Waals surface area contributed by atoms with Crippen LogP contribution in [0.4, 0.5) is 4.39 Å². The number of carbonyl (C=O) groups excluding carboxylic acids is 1. The molecule has 0 radical (unpaired) electrons. The molecule has 2 atom stereocenters. The number of piperidine rings is 1. The minimum absolute atomic E-state index is 0.147. The van der Waals surface area contributed by atoms with E-state index in [2.05, 4.69) is 28.8 Å². The van der Waals surface area contributed by atoms with Gasteiger partial charge in [0.05, 0.1) is 22.8 Å². The Morgan fingerprint density at radius 1 is 1.12 bits per heavy atom. The summed E-state index contributed by atoms with van der Waals surface area (Å²) in [4.78, 5) is 23.2. The molecule has 0 saturated carbocycles. The first-order valence-electron chi connectivity index (χ1n) is 11.9. The monoisotopic (exact) mass is 483 g/mol. The molecule has 0 spiro atoms. The van der Waals surface area contributed by atoms with Gasteiger partial charge in [0.2, 0.25) is 5.82 Å². The lowest BCUT2D eigenvalue weighted by Crippen LogP contribution is -2.48. The van der Waals surface area contributed by atoms with Crippen molar-refractivity contribution in [3.63, 3.8) is 0 Å². The second kappa shape index (κ2) is 9.93. The molecule has 2 aliphatic heterocycles. The van der Waals surface area contributed by atoms with Crippen LogP contribution in [0, 0.1) is 11.7 Å². The molecule has 180 valence electrons. The molecule has 1 aromatic carbocycles. The van der Waals surface area contributed by atoms with Crippen LogP contribution in [0.25, 0.3) is 16.4 Å². The molecule has 2 unspecified atom stereocenters. The van der Waals surface area contributed by atoms with Gasteiger partial charge in [-0.3, -0.25) is 9.69 Å². The van der Waals surface area contributed by atoms with Crippen LogP contribution in [0.2, 0.25) is 0 Å². The quantitative estimate of drug-likeness (QED) is 0.547. The zero-order valence-electron chi connectivity index (χ0n) is 19.6. The molecular formula is C25H30FN5O2S. The van der Waals surface area contributed by atoms with Gasteiger partial charge in [0.25, 0.3) is 5.91 Å². The Kier molecular flexibility index (Phi) is 6.76. The second-order valence-electron chi connectivity index (χ2n) is 9.34. The van der Waals surface area contributed by atoms with Gasteiger partial charge in [-0.1, -0.05) is 6.07 Å². The van der Waals surface area contributed by atoms with Crippen LogP contribution < -0.4 is 0 Å². The average molecular weight is 484 g/mol. The molecule has 4 heterocycles. The van der Waals surface area contributed by atoms with Crippen molar-refractivity contribution in [2.45, 2.75) is 38.9 Å². The molecule has 7 nitrogen and oxygen atoms in total. The minimum Gasteiger partial charge on any atom is -0.373 e. The van der Waals surface area contributed by atoms with E-state index in [1.54, 1.807) is 16.8 Å². The molecule has 0 N–H and O–H groups in total. The van der Waals surface area contributed by atoms with Crippen LogP contribution in [-0.2, 0) is 4.74 Å². The fraction of sp³-hybridized carbons (Fsp3) is 0.480. The van der Waals surface area contributed by atoms with Crippen LogP contribution in [0.1, 0.15) is 37.3 Å². The van der Waals surface area contributed by atoms with Crippen LogP contribution >= 0.6 is 11.3 Å². The first-order valence-corrected chi connectivity index (χ1v) is 12.8. The molecule has 0 bridgehead atoms. The maximum Gasteiger partial charge on any atom is 0.293 e. The number of aromatic nitrogens is 3. The molecule has 2 aliphatic rings. The van der Waals surface area contributed by atoms with E-state index in [9.17, 15) is 9.18 Å². The van der Waals surface area contributed by atoms with E-state index in [1.165, 1.54) is 23.5 Å². The lowest BCUT2D eigenvalue weighted by Gasteiger charge is -2.39. The highest BCUT2D eigenvalue weighted by Crippen LogP contribution is 2.27. The molecule has 5 rings (SSSR count). The number of ether oxygens (including phenoxy) is 1. The number of rotatable bonds is 5. The molecule has 9 heteroatoms. The fourth-order valence-electron chi connectivity index (χ4n) is 4.99. The summed E-state index contributed by atoms with van der Waals surface area (Å²) in [6, 6.07) is 9.95. The van der Waals surface area contributed by atoms with Gasteiger partial charge in [0.1, 0.15) is 5.82 Å². The van der Waals surface area contributed by atoms with Crippen molar-refractivity contribution in [2.24, 2.45) is 5.92 Å². The van der Waals surface area contributed by atoms with Gasteiger partial charge in [-0.15, -0.1) is 16.4 Å². The van der Waals surface area contributed by atoms with E-state index < -0.39 is 0 Å². The van der Waals surface area contributed by atoms with E-state index >= 15 is 0 Å². The number of hydrogen-bond donors (Lipinski definition) is 0. The summed E-state index contributed by atoms with van der Waals surface area (Å²) in [6.45, 7) is 8.68. The summed E-state index contributed by atoms with van der Waals surface area (Å²) < 4.78 is 20.9. The Bertz CT molecular complexity index is 1100. The summed E-state index contributed by atoms with van der Waals surface area (Å²) >= 11 is 1.53. The lowest BCUT2D eigenvalue weighted by atomic mass is 9.95. The van der Waals surface area contributed by atoms with Crippen molar-refractivity contribution in [1.82, 2.24) is 24.6 Å². The van der Waals surface area contributed by atoms with Crippen LogP contribution in [0.3, 0.4) is 0 Å². The number of morpholine rings is 1. The van der Waals surface area contributed by atoms with Crippen molar-refractivity contribution in [3.8, 4) is 16.4 Å². The summed E-state index contributed by atoms with van der Waals surface area (Å²) in [7, 11) is 0. The Balaban J connectivity index is 1.28. The number of thiophene rings is 1. The van der Waals surface area contributed by atoms with Gasteiger partial charge >= 0.3 is 0 Å². The first kappa shape index (κ1) is 23.1. The third-order valence-electron chi connectivity index (χ3n) is 6.52. The molecule has 34 heavy (non-hydrogen) atoms. The Hall–Kier alpha value is -2.62. The first-order chi connectivity index (χ1) is 16.5. The maximum absolute atomic E-state index is 13.5. The molecule has 1 amide bonds. The van der Waals surface area contributed by atoms with Crippen LogP contribution in [-0.4, -0.2) is 75.4 Å². The third-order valence-corrected chi connectivity index (χ3v) is 7.39. The zero-order valence-corrected chi connectivity index (χ0v) is 20.4. The van der Waals surface area contributed by atoms with Crippen molar-refractivity contribution in [3.05, 3.63) is 53.4 Å². The summed E-state index contributed by atoms with van der Waals surface area (Å²) in [5, 5.41) is 6.51. The number of nitrogens with zero attached hydrogens (tertiary/aromatic N) is 5. The van der Waals surface area contributed by atoms with Gasteiger partial charge in [-0.2, -0.15) is 0 Å². The molecule has 3 aromatic rings. The van der Waals surface area contributed by atoms with Gasteiger partial charge in [-0.25, -0.2) is 14.1 Å². The van der Waals surface area contributed by atoms with Gasteiger partial charge < -0.3 is 9.64 Å². The highest BCUT2D eigenvalue weighted by Gasteiger charge is 2.30. The summed E-state index contributed by atoms with van der Waals surface area (Å²) in [6.07, 6.45) is 2.49. The predicted octanol–water partition coefficient (Wildman–Crippen LogP) is 4.10. The number of benzene rings is 1. The van der Waals surface area contributed by atoms with E-state index in [0.717, 1.165) is 37.4 Å². The Morgan fingerprint density at radius 3 is 2.47 bits per heavy atom. The SMILES string of the molecule is CC1CN(CC2CCN(C(=O)c3nc(-c4cccs4)n(-c4ccc(F)cc4)n3)CC2)CC(C)O1. The van der Waals surface area contributed by atoms with E-state index in [-0.39, 0.29) is 29.8 Å². The molecule has 0 aliphatic carbocycles. The number of likely N-dealkylation sites (tertiary alicyclic amines) is 1. The van der Waals surface area contributed by atoms with E-state index in [0.29, 0.717) is 30.5 Å². The predicted molar refractivity (Wildman–Crippen MR) is 130 cm³/mol. The smallest absolute Gasteiger partial charge is 0.293 e. The Labute approximate surface area is 203 Å². The molecule has 2 aromatic heterocycles. The van der Waals surface area contributed by atoms with E-state index in [1.807, 2.05) is 22.4 Å². The largest absolute Gasteiger partial charge is 0.373 e. The highest BCUT2D eigenvalue weighted by atomic mass is 32.1. The van der Waals surface area contributed by atoms with Gasteiger partial charge in [0, 0.05) is 32.7 Å². The minimum atomic E-state index is -0.318. The van der Waals surface area contributed by atoms with Crippen LogP contribution in [0.15, 0.2) is 41.8 Å². The third kappa shape index (κ3) is 5.06.